The van der Waals surface area contributed by atoms with Crippen molar-refractivity contribution in [3.63, 3.8) is 0 Å². The van der Waals surface area contributed by atoms with Crippen LogP contribution in [0, 0.1) is 17.5 Å². The lowest BCUT2D eigenvalue weighted by atomic mass is 10.1. The van der Waals surface area contributed by atoms with Crippen molar-refractivity contribution in [3.8, 4) is 0 Å². The molecule has 0 atom stereocenters. The van der Waals surface area contributed by atoms with E-state index in [1.807, 2.05) is 0 Å². The van der Waals surface area contributed by atoms with Gasteiger partial charge in [-0.3, -0.25) is 0 Å². The largest absolute Gasteiger partial charge is 0.389 e. The molecule has 0 spiro atoms. The first-order chi connectivity index (χ1) is 9.36. The fraction of sp³-hybridized carbons (Fsp3) is 0. The van der Waals surface area contributed by atoms with Gasteiger partial charge in [0.1, 0.15) is 28.1 Å². The smallest absolute Gasteiger partial charge is 0.150 e. The Morgan fingerprint density at radius 2 is 1.65 bits per heavy atom. The fourth-order valence-electron chi connectivity index (χ4n) is 1.61. The van der Waals surface area contributed by atoms with E-state index in [1.165, 1.54) is 6.07 Å². The highest BCUT2D eigenvalue weighted by atomic mass is 35.5. The Labute approximate surface area is 123 Å². The van der Waals surface area contributed by atoms with E-state index in [0.717, 1.165) is 24.3 Å². The number of nitrogens with one attached hydrogen (secondary N) is 1. The molecular weight excluding hydrogens is 309 g/mol. The van der Waals surface area contributed by atoms with Crippen molar-refractivity contribution in [1.29, 1.82) is 0 Å². The standard InChI is InChI=1S/C13H8ClF3N2S/c14-7-3-8(15)5-9(4-7)19-12-10(16)1-6(13(18)20)2-11(12)17/h1-5,19H,(H2,18,20). The molecule has 0 aliphatic heterocycles. The lowest BCUT2D eigenvalue weighted by Crippen LogP contribution is -2.11. The third-order valence-corrected chi connectivity index (χ3v) is 2.91. The third-order valence-electron chi connectivity index (χ3n) is 2.46. The highest BCUT2D eigenvalue weighted by Gasteiger charge is 2.13. The van der Waals surface area contributed by atoms with Crippen LogP contribution >= 0.6 is 23.8 Å². The molecule has 0 saturated heterocycles. The average Bonchev–Trinajstić information content (AvgIpc) is 2.32. The van der Waals surface area contributed by atoms with Gasteiger partial charge in [-0.2, -0.15) is 0 Å². The first-order valence-electron chi connectivity index (χ1n) is 5.39. The molecule has 104 valence electrons. The van der Waals surface area contributed by atoms with Gasteiger partial charge in [0, 0.05) is 16.3 Å². The lowest BCUT2D eigenvalue weighted by Gasteiger charge is -2.11. The van der Waals surface area contributed by atoms with E-state index in [9.17, 15) is 13.2 Å². The van der Waals surface area contributed by atoms with E-state index in [4.69, 9.17) is 17.3 Å². The molecule has 3 N–H and O–H groups in total. The zero-order valence-electron chi connectivity index (χ0n) is 9.88. The molecule has 0 heterocycles. The summed E-state index contributed by atoms with van der Waals surface area (Å²) in [6.07, 6.45) is 0. The number of hydrogen-bond donors (Lipinski definition) is 2. The van der Waals surface area contributed by atoms with Crippen molar-refractivity contribution in [1.82, 2.24) is 0 Å². The van der Waals surface area contributed by atoms with Gasteiger partial charge in [0.05, 0.1) is 0 Å². The molecule has 0 aromatic heterocycles. The minimum Gasteiger partial charge on any atom is -0.389 e. The first-order valence-corrected chi connectivity index (χ1v) is 6.17. The molecule has 20 heavy (non-hydrogen) atoms. The third kappa shape index (κ3) is 3.20. The van der Waals surface area contributed by atoms with Gasteiger partial charge in [0.15, 0.2) is 0 Å². The molecule has 7 heteroatoms. The average molecular weight is 317 g/mol. The molecule has 2 aromatic carbocycles. The van der Waals surface area contributed by atoms with Gasteiger partial charge in [0.2, 0.25) is 0 Å². The number of benzene rings is 2. The minimum absolute atomic E-state index is 0.0674. The molecule has 0 aliphatic rings. The van der Waals surface area contributed by atoms with Crippen LogP contribution in [-0.4, -0.2) is 4.99 Å². The second kappa shape index (κ2) is 5.68. The van der Waals surface area contributed by atoms with E-state index < -0.39 is 23.1 Å². The van der Waals surface area contributed by atoms with Gasteiger partial charge in [-0.25, -0.2) is 13.2 Å². The fourth-order valence-corrected chi connectivity index (χ4v) is 1.94. The summed E-state index contributed by atoms with van der Waals surface area (Å²) < 4.78 is 40.8. The van der Waals surface area contributed by atoms with Crippen molar-refractivity contribution < 1.29 is 13.2 Å². The maximum Gasteiger partial charge on any atom is 0.150 e. The first kappa shape index (κ1) is 14.6. The van der Waals surface area contributed by atoms with Gasteiger partial charge in [0.25, 0.3) is 0 Å². The number of thiocarbonyl (C=S) groups is 1. The van der Waals surface area contributed by atoms with Crippen LogP contribution in [-0.2, 0) is 0 Å². The summed E-state index contributed by atoms with van der Waals surface area (Å²) in [6.45, 7) is 0. The Morgan fingerprint density at radius 1 is 1.05 bits per heavy atom. The highest BCUT2D eigenvalue weighted by Crippen LogP contribution is 2.27. The minimum atomic E-state index is -0.895. The Hall–Kier alpha value is -1.79. The van der Waals surface area contributed by atoms with Gasteiger partial charge in [-0.1, -0.05) is 23.8 Å². The predicted molar refractivity (Wildman–Crippen MR) is 76.9 cm³/mol. The second-order valence-electron chi connectivity index (χ2n) is 3.96. The molecule has 2 nitrogen and oxygen atoms in total. The normalized spacial score (nSPS) is 10.4. The van der Waals surface area contributed by atoms with E-state index >= 15 is 0 Å². The summed E-state index contributed by atoms with van der Waals surface area (Å²) in [4.78, 5) is -0.122. The molecule has 2 aromatic rings. The predicted octanol–water partition coefficient (Wildman–Crippen LogP) is 4.14. The van der Waals surface area contributed by atoms with Crippen LogP contribution < -0.4 is 11.1 Å². The lowest BCUT2D eigenvalue weighted by molar-refractivity contribution is 0.590. The summed E-state index contributed by atoms with van der Waals surface area (Å²) >= 11 is 10.3. The van der Waals surface area contributed by atoms with E-state index in [0.29, 0.717) is 0 Å². The van der Waals surface area contributed by atoms with Gasteiger partial charge in [-0.05, 0) is 30.3 Å². The quantitative estimate of drug-likeness (QED) is 0.836. The molecule has 0 bridgehead atoms. The topological polar surface area (TPSA) is 38.0 Å². The van der Waals surface area contributed by atoms with Crippen LogP contribution in [0.25, 0.3) is 0 Å². The summed E-state index contributed by atoms with van der Waals surface area (Å²) in [5.74, 6) is -2.41. The second-order valence-corrected chi connectivity index (χ2v) is 4.84. The molecule has 0 aliphatic carbocycles. The number of hydrogen-bond acceptors (Lipinski definition) is 2. The summed E-state index contributed by atoms with van der Waals surface area (Å²) in [7, 11) is 0. The van der Waals surface area contributed by atoms with Gasteiger partial charge < -0.3 is 11.1 Å². The number of rotatable bonds is 3. The Balaban J connectivity index is 2.41. The maximum absolute atomic E-state index is 13.8. The molecule has 2 rings (SSSR count). The van der Waals surface area contributed by atoms with Crippen molar-refractivity contribution >= 4 is 40.2 Å². The van der Waals surface area contributed by atoms with Gasteiger partial charge >= 0.3 is 0 Å². The Morgan fingerprint density at radius 3 is 2.15 bits per heavy atom. The van der Waals surface area contributed by atoms with E-state index in [1.54, 1.807) is 0 Å². The number of nitrogens with two attached hydrogens (primary N) is 1. The molecule has 0 radical (unpaired) electrons. The van der Waals surface area contributed by atoms with Crippen LogP contribution in [0.15, 0.2) is 30.3 Å². The SMILES string of the molecule is NC(=S)c1cc(F)c(Nc2cc(F)cc(Cl)c2)c(F)c1. The molecular formula is C13H8ClF3N2S. The van der Waals surface area contributed by atoms with Crippen molar-refractivity contribution in [2.24, 2.45) is 5.73 Å². The van der Waals surface area contributed by atoms with E-state index in [2.05, 4.69) is 17.5 Å². The molecule has 0 saturated carbocycles. The molecule has 0 fully saturated rings. The molecule has 0 amide bonds. The van der Waals surface area contributed by atoms with Gasteiger partial charge in [-0.15, -0.1) is 0 Å². The number of halogens is 4. The van der Waals surface area contributed by atoms with Crippen LogP contribution in [0.2, 0.25) is 5.02 Å². The van der Waals surface area contributed by atoms with Crippen LogP contribution in [0.3, 0.4) is 0 Å². The van der Waals surface area contributed by atoms with Crippen molar-refractivity contribution in [3.05, 3.63) is 58.4 Å². The zero-order chi connectivity index (χ0) is 14.9. The summed E-state index contributed by atoms with van der Waals surface area (Å²) in [5, 5.41) is 2.53. The summed E-state index contributed by atoms with van der Waals surface area (Å²) in [6, 6.07) is 5.47. The maximum atomic E-state index is 13.8. The Kier molecular flexibility index (Phi) is 4.15. The van der Waals surface area contributed by atoms with Crippen LogP contribution in [0.1, 0.15) is 5.56 Å². The van der Waals surface area contributed by atoms with E-state index in [-0.39, 0.29) is 21.3 Å². The van der Waals surface area contributed by atoms with Crippen LogP contribution in [0.4, 0.5) is 24.5 Å². The highest BCUT2D eigenvalue weighted by molar-refractivity contribution is 7.80. The zero-order valence-corrected chi connectivity index (χ0v) is 11.5. The monoisotopic (exact) mass is 316 g/mol. The van der Waals surface area contributed by atoms with Crippen molar-refractivity contribution in [2.75, 3.05) is 5.32 Å². The molecule has 0 unspecified atom stereocenters. The Bertz CT molecular complexity index is 648. The van der Waals surface area contributed by atoms with Crippen molar-refractivity contribution in [2.45, 2.75) is 0 Å². The summed E-state index contributed by atoms with van der Waals surface area (Å²) in [5.41, 5.74) is 5.05. The number of anilines is 2. The van der Waals surface area contributed by atoms with Crippen LogP contribution in [0.5, 0.6) is 0 Å².